The lowest BCUT2D eigenvalue weighted by molar-refractivity contribution is -0.119. The highest BCUT2D eigenvalue weighted by atomic mass is 32.2. The number of thioether (sulfide) groups is 2. The van der Waals surface area contributed by atoms with Crippen LogP contribution >= 0.6 is 23.5 Å². The normalized spacial score (nSPS) is 35.1. The van der Waals surface area contributed by atoms with Crippen molar-refractivity contribution in [2.45, 2.75) is 55.0 Å². The Hall–Kier alpha value is -0.160. The molecule has 4 heteroatoms. The van der Waals surface area contributed by atoms with E-state index in [9.17, 15) is 5.11 Å². The second kappa shape index (κ2) is 6.76. The minimum Gasteiger partial charge on any atom is -0.376 e. The van der Waals surface area contributed by atoms with Crippen LogP contribution in [-0.2, 0) is 0 Å². The van der Waals surface area contributed by atoms with Crippen LogP contribution in [0, 0.1) is 5.92 Å². The van der Waals surface area contributed by atoms with Crippen LogP contribution in [0.1, 0.15) is 44.2 Å². The Morgan fingerprint density at radius 3 is 2.41 bits per heavy atom. The second-order valence-corrected chi connectivity index (χ2v) is 9.16. The Morgan fingerprint density at radius 2 is 1.77 bits per heavy atom. The molecule has 2 nitrogen and oxygen atoms in total. The van der Waals surface area contributed by atoms with E-state index in [1.807, 2.05) is 23.5 Å². The smallest absolute Gasteiger partial charge is 0.132 e. The van der Waals surface area contributed by atoms with Crippen molar-refractivity contribution in [1.82, 2.24) is 4.90 Å². The van der Waals surface area contributed by atoms with Gasteiger partial charge in [-0.25, -0.2) is 0 Å². The van der Waals surface area contributed by atoms with Crippen LogP contribution in [-0.4, -0.2) is 38.9 Å². The monoisotopic (exact) mass is 337 g/mol. The molecule has 0 bridgehead atoms. The van der Waals surface area contributed by atoms with Gasteiger partial charge < -0.3 is 5.11 Å². The van der Waals surface area contributed by atoms with Crippen molar-refractivity contribution < 1.29 is 5.11 Å². The largest absolute Gasteiger partial charge is 0.376 e. The van der Waals surface area contributed by atoms with Crippen molar-refractivity contribution in [3.8, 4) is 0 Å². The number of hydrogen-bond acceptors (Lipinski definition) is 4. The van der Waals surface area contributed by atoms with E-state index in [4.69, 9.17) is 0 Å². The van der Waals surface area contributed by atoms with Crippen molar-refractivity contribution >= 4 is 23.5 Å². The van der Waals surface area contributed by atoms with Gasteiger partial charge in [0.2, 0.25) is 0 Å². The first-order valence-electron chi connectivity index (χ1n) is 8.23. The molecule has 0 aliphatic carbocycles. The molecule has 1 N–H and O–H groups in total. The molecule has 2 heterocycles. The molecule has 0 amide bonds. The SMILES string of the molecule is CSC1(SC)CC[C@@H]2[C@H](C)CC[C@H](c3ccccc3)N2[C@H]1O. The van der Waals surface area contributed by atoms with Gasteiger partial charge in [-0.2, -0.15) is 0 Å². The number of piperidine rings is 2. The molecule has 0 radical (unpaired) electrons. The summed E-state index contributed by atoms with van der Waals surface area (Å²) in [5, 5.41) is 11.2. The molecule has 3 rings (SSSR count). The van der Waals surface area contributed by atoms with E-state index in [0.717, 1.165) is 12.8 Å². The van der Waals surface area contributed by atoms with Gasteiger partial charge in [-0.05, 0) is 49.7 Å². The van der Waals surface area contributed by atoms with Crippen molar-refractivity contribution in [3.63, 3.8) is 0 Å². The molecule has 0 unspecified atom stereocenters. The number of fused-ring (bicyclic) bond motifs is 1. The Labute approximate surface area is 143 Å². The summed E-state index contributed by atoms with van der Waals surface area (Å²) in [5.41, 5.74) is 1.36. The van der Waals surface area contributed by atoms with E-state index in [1.54, 1.807) is 0 Å². The van der Waals surface area contributed by atoms with Gasteiger partial charge in [-0.3, -0.25) is 4.90 Å². The van der Waals surface area contributed by atoms with Gasteiger partial charge in [0.1, 0.15) is 6.23 Å². The number of aliphatic hydroxyl groups excluding tert-OH is 1. The molecular weight excluding hydrogens is 310 g/mol. The van der Waals surface area contributed by atoms with Crippen LogP contribution in [0.3, 0.4) is 0 Å². The Morgan fingerprint density at radius 1 is 1.09 bits per heavy atom. The zero-order valence-electron chi connectivity index (χ0n) is 13.7. The van der Waals surface area contributed by atoms with Crippen molar-refractivity contribution in [2.75, 3.05) is 12.5 Å². The summed E-state index contributed by atoms with van der Waals surface area (Å²) in [5.74, 6) is 0.677. The average Bonchev–Trinajstić information content (AvgIpc) is 2.57. The summed E-state index contributed by atoms with van der Waals surface area (Å²) in [4.78, 5) is 2.44. The lowest BCUT2D eigenvalue weighted by Gasteiger charge is -2.56. The maximum atomic E-state index is 11.2. The fraction of sp³-hybridized carbons (Fsp3) is 0.667. The minimum atomic E-state index is -0.371. The van der Waals surface area contributed by atoms with E-state index in [2.05, 4.69) is 54.7 Å². The molecular formula is C18H27NOS2. The number of nitrogens with zero attached hydrogens (tertiary/aromatic N) is 1. The predicted molar refractivity (Wildman–Crippen MR) is 98.2 cm³/mol. The molecule has 2 fully saturated rings. The van der Waals surface area contributed by atoms with Gasteiger partial charge in [-0.15, -0.1) is 23.5 Å². The topological polar surface area (TPSA) is 23.5 Å². The molecule has 2 aliphatic rings. The Balaban J connectivity index is 1.96. The molecule has 122 valence electrons. The lowest BCUT2D eigenvalue weighted by atomic mass is 9.79. The van der Waals surface area contributed by atoms with Crippen LogP contribution in [0.15, 0.2) is 30.3 Å². The van der Waals surface area contributed by atoms with E-state index >= 15 is 0 Å². The highest BCUT2D eigenvalue weighted by Gasteiger charge is 2.51. The summed E-state index contributed by atoms with van der Waals surface area (Å²) < 4.78 is -0.0827. The number of benzene rings is 1. The van der Waals surface area contributed by atoms with E-state index in [-0.39, 0.29) is 10.3 Å². The van der Waals surface area contributed by atoms with Crippen LogP contribution in [0.4, 0.5) is 0 Å². The second-order valence-electron chi connectivity index (χ2n) is 6.63. The number of hydrogen-bond donors (Lipinski definition) is 1. The van der Waals surface area contributed by atoms with Crippen LogP contribution in [0.2, 0.25) is 0 Å². The zero-order valence-corrected chi connectivity index (χ0v) is 15.4. The molecule has 22 heavy (non-hydrogen) atoms. The summed E-state index contributed by atoms with van der Waals surface area (Å²) >= 11 is 3.65. The first kappa shape index (κ1) is 16.7. The third-order valence-electron chi connectivity index (χ3n) is 5.63. The van der Waals surface area contributed by atoms with Gasteiger partial charge in [0.25, 0.3) is 0 Å². The quantitative estimate of drug-likeness (QED) is 0.828. The summed E-state index contributed by atoms with van der Waals surface area (Å²) in [6.07, 6.45) is 8.63. The van der Waals surface area contributed by atoms with Gasteiger partial charge in [0.15, 0.2) is 0 Å². The van der Waals surface area contributed by atoms with Crippen molar-refractivity contribution in [2.24, 2.45) is 5.92 Å². The average molecular weight is 338 g/mol. The predicted octanol–water partition coefficient (Wildman–Crippen LogP) is 4.36. The van der Waals surface area contributed by atoms with Crippen LogP contribution in [0.5, 0.6) is 0 Å². The molecule has 2 aliphatic heterocycles. The molecule has 0 aromatic heterocycles. The Kier molecular flexibility index (Phi) is 5.13. The van der Waals surface area contributed by atoms with Gasteiger partial charge in [0.05, 0.1) is 4.08 Å². The van der Waals surface area contributed by atoms with E-state index < -0.39 is 0 Å². The van der Waals surface area contributed by atoms with Crippen LogP contribution < -0.4 is 0 Å². The van der Waals surface area contributed by atoms with Gasteiger partial charge in [0, 0.05) is 12.1 Å². The summed E-state index contributed by atoms with van der Waals surface area (Å²) in [7, 11) is 0. The minimum absolute atomic E-state index is 0.0827. The van der Waals surface area contributed by atoms with Gasteiger partial charge >= 0.3 is 0 Å². The van der Waals surface area contributed by atoms with Crippen molar-refractivity contribution in [3.05, 3.63) is 35.9 Å². The summed E-state index contributed by atoms with van der Waals surface area (Å²) in [6.45, 7) is 2.36. The van der Waals surface area contributed by atoms with Crippen LogP contribution in [0.25, 0.3) is 0 Å². The lowest BCUT2D eigenvalue weighted by Crippen LogP contribution is -2.61. The van der Waals surface area contributed by atoms with Gasteiger partial charge in [-0.1, -0.05) is 37.3 Å². The first-order valence-corrected chi connectivity index (χ1v) is 10.7. The molecule has 4 atom stereocenters. The van der Waals surface area contributed by atoms with E-state index in [1.165, 1.54) is 18.4 Å². The third-order valence-corrected chi connectivity index (χ3v) is 8.85. The molecule has 2 saturated heterocycles. The number of rotatable bonds is 3. The maximum absolute atomic E-state index is 11.2. The van der Waals surface area contributed by atoms with E-state index in [0.29, 0.717) is 18.0 Å². The van der Waals surface area contributed by atoms with Crippen molar-refractivity contribution in [1.29, 1.82) is 0 Å². The zero-order chi connectivity index (χ0) is 15.7. The first-order chi connectivity index (χ1) is 10.6. The molecule has 1 aromatic rings. The molecule has 1 aromatic carbocycles. The standard InChI is InChI=1S/C18H27NOS2/c1-13-9-10-16(14-7-5-4-6-8-14)19-15(13)11-12-18(21-2,22-3)17(19)20/h4-8,13,15-17,20H,9-12H2,1-3H3/t13-,15-,16-,17+/m1/s1. The molecule has 0 spiro atoms. The maximum Gasteiger partial charge on any atom is 0.132 e. The highest BCUT2D eigenvalue weighted by molar-refractivity contribution is 8.17. The third kappa shape index (κ3) is 2.72. The summed E-state index contributed by atoms with van der Waals surface area (Å²) in [6, 6.07) is 11.6. The highest BCUT2D eigenvalue weighted by Crippen LogP contribution is 2.52. The number of aliphatic hydroxyl groups is 1. The Bertz CT molecular complexity index is 491. The fourth-order valence-corrected chi connectivity index (χ4v) is 6.27. The fourth-order valence-electron chi connectivity index (χ4n) is 4.29. The molecule has 0 saturated carbocycles.